The van der Waals surface area contributed by atoms with Gasteiger partial charge in [-0.2, -0.15) is 0 Å². The zero-order chi connectivity index (χ0) is 9.64. The fourth-order valence-corrected chi connectivity index (χ4v) is 10.8. The van der Waals surface area contributed by atoms with Crippen molar-refractivity contribution < 1.29 is 0 Å². The van der Waals surface area contributed by atoms with E-state index in [0.717, 1.165) is 29.5 Å². The SMILES string of the molecule is CC(C)(C)c1[se]c2c(c1I)CC[Se]2. The summed E-state index contributed by atoms with van der Waals surface area (Å²) in [6.07, 6.45) is 1.38. The van der Waals surface area contributed by atoms with Gasteiger partial charge >= 0.3 is 107 Å². The molecule has 13 heavy (non-hydrogen) atoms. The first-order valence-corrected chi connectivity index (χ1v) is 9.30. The number of rotatable bonds is 0. The second-order valence-corrected chi connectivity index (χ2v) is 11.2. The van der Waals surface area contributed by atoms with E-state index in [2.05, 4.69) is 43.4 Å². The minimum absolute atomic E-state index is 0.414. The summed E-state index contributed by atoms with van der Waals surface area (Å²) in [5, 5.41) is 1.48. The Balaban J connectivity index is 2.51. The minimum atomic E-state index is 0.414. The first kappa shape index (κ1) is 10.8. The molecule has 0 N–H and O–H groups in total. The normalized spacial score (nSPS) is 16.3. The summed E-state index contributed by atoms with van der Waals surface area (Å²) >= 11 is 4.17. The number of fused-ring (bicyclic) bond motifs is 1. The Bertz CT molecular complexity index is 333. The Kier molecular flexibility index (Phi) is 3.04. The van der Waals surface area contributed by atoms with Gasteiger partial charge in [0.2, 0.25) is 0 Å². The molecule has 0 spiro atoms. The van der Waals surface area contributed by atoms with Gasteiger partial charge in [-0.25, -0.2) is 0 Å². The van der Waals surface area contributed by atoms with Crippen LogP contribution in [0.25, 0.3) is 0 Å². The molecule has 1 aliphatic rings. The molecule has 1 aromatic rings. The van der Waals surface area contributed by atoms with E-state index in [1.807, 2.05) is 3.34 Å². The van der Waals surface area contributed by atoms with Crippen molar-refractivity contribution in [3.05, 3.63) is 13.6 Å². The van der Waals surface area contributed by atoms with Crippen molar-refractivity contribution in [2.24, 2.45) is 0 Å². The molecule has 0 aromatic carbocycles. The van der Waals surface area contributed by atoms with Gasteiger partial charge < -0.3 is 0 Å². The van der Waals surface area contributed by atoms with E-state index in [4.69, 9.17) is 0 Å². The van der Waals surface area contributed by atoms with Crippen LogP contribution < -0.4 is 3.34 Å². The first-order chi connectivity index (χ1) is 6.00. The van der Waals surface area contributed by atoms with Gasteiger partial charge in [0, 0.05) is 0 Å². The topological polar surface area (TPSA) is 0 Å². The average Bonchev–Trinajstić information content (AvgIpc) is 2.51. The molecule has 1 aromatic heterocycles. The van der Waals surface area contributed by atoms with E-state index in [0.29, 0.717) is 5.41 Å². The van der Waals surface area contributed by atoms with Crippen LogP contribution in [0.5, 0.6) is 0 Å². The Morgan fingerprint density at radius 3 is 2.54 bits per heavy atom. The van der Waals surface area contributed by atoms with Crippen LogP contribution in [0.2, 0.25) is 5.32 Å². The third-order valence-electron chi connectivity index (χ3n) is 2.17. The van der Waals surface area contributed by atoms with Crippen LogP contribution in [-0.4, -0.2) is 29.5 Å². The van der Waals surface area contributed by atoms with Crippen molar-refractivity contribution in [2.45, 2.75) is 37.9 Å². The number of hydrogen-bond donors (Lipinski definition) is 0. The van der Waals surface area contributed by atoms with E-state index in [1.165, 1.54) is 11.7 Å². The van der Waals surface area contributed by atoms with Crippen molar-refractivity contribution in [2.75, 3.05) is 0 Å². The summed E-state index contributed by atoms with van der Waals surface area (Å²) in [6, 6.07) is 0. The van der Waals surface area contributed by atoms with E-state index < -0.39 is 0 Å². The number of halogens is 1. The summed E-state index contributed by atoms with van der Waals surface area (Å²) < 4.78 is 5.26. The number of hydrogen-bond acceptors (Lipinski definition) is 0. The van der Waals surface area contributed by atoms with Crippen LogP contribution in [-0.2, 0) is 11.8 Å². The molecule has 0 nitrogen and oxygen atoms in total. The maximum atomic E-state index is 2.58. The molecule has 2 heterocycles. The molecular weight excluding hydrogens is 405 g/mol. The average molecular weight is 418 g/mol. The molecule has 0 bridgehead atoms. The molecule has 0 atom stereocenters. The Morgan fingerprint density at radius 1 is 1.31 bits per heavy atom. The maximum absolute atomic E-state index is 2.58. The molecule has 0 aliphatic carbocycles. The Labute approximate surface area is 106 Å². The van der Waals surface area contributed by atoms with Crippen molar-refractivity contribution in [1.29, 1.82) is 0 Å². The van der Waals surface area contributed by atoms with Gasteiger partial charge in [0.1, 0.15) is 0 Å². The molecule has 0 radical (unpaired) electrons. The molecule has 0 unspecified atom stereocenters. The zero-order valence-corrected chi connectivity index (χ0v) is 13.7. The van der Waals surface area contributed by atoms with Crippen LogP contribution in [0.3, 0.4) is 0 Å². The van der Waals surface area contributed by atoms with Crippen molar-refractivity contribution in [3.63, 3.8) is 0 Å². The van der Waals surface area contributed by atoms with Crippen molar-refractivity contribution in [1.82, 2.24) is 0 Å². The molecule has 0 saturated heterocycles. The fraction of sp³-hybridized carbons (Fsp3) is 0.600. The van der Waals surface area contributed by atoms with Gasteiger partial charge in [0.25, 0.3) is 0 Å². The summed E-state index contributed by atoms with van der Waals surface area (Å²) in [5.41, 5.74) is 2.17. The van der Waals surface area contributed by atoms with Gasteiger partial charge in [-0.15, -0.1) is 0 Å². The molecule has 0 saturated carbocycles. The monoisotopic (exact) mass is 420 g/mol. The standard InChI is InChI=1S/C10H13ISe2/c1-10(2,3)8-7(11)6-4-5-12-9(6)13-8/h4-5H2,1-3H3. The molecule has 3 heteroatoms. The van der Waals surface area contributed by atoms with Crippen LogP contribution in [0.15, 0.2) is 0 Å². The Morgan fingerprint density at radius 2 is 2.00 bits per heavy atom. The van der Waals surface area contributed by atoms with E-state index in [9.17, 15) is 0 Å². The van der Waals surface area contributed by atoms with E-state index in [-0.39, 0.29) is 0 Å². The molecule has 1 aliphatic heterocycles. The van der Waals surface area contributed by atoms with Crippen molar-refractivity contribution in [3.8, 4) is 0 Å². The third kappa shape index (κ3) is 1.96. The van der Waals surface area contributed by atoms with Gasteiger partial charge in [0.05, 0.1) is 0 Å². The van der Waals surface area contributed by atoms with Crippen molar-refractivity contribution >= 4 is 55.4 Å². The molecule has 2 rings (SSSR count). The third-order valence-corrected chi connectivity index (χ3v) is 11.3. The quantitative estimate of drug-likeness (QED) is 0.447. The fourth-order valence-electron chi connectivity index (χ4n) is 1.48. The first-order valence-electron chi connectivity index (χ1n) is 4.44. The Hall–Kier alpha value is 1.25. The second-order valence-electron chi connectivity index (χ2n) is 4.36. The van der Waals surface area contributed by atoms with Gasteiger partial charge in [0.15, 0.2) is 0 Å². The van der Waals surface area contributed by atoms with Gasteiger partial charge in [-0.3, -0.25) is 0 Å². The molecule has 72 valence electrons. The second kappa shape index (κ2) is 3.68. The van der Waals surface area contributed by atoms with Gasteiger partial charge in [-0.05, 0) is 0 Å². The predicted molar refractivity (Wildman–Crippen MR) is 68.7 cm³/mol. The molecular formula is C10H13ISe2. The summed E-state index contributed by atoms with van der Waals surface area (Å²) in [5.74, 6) is 0. The van der Waals surface area contributed by atoms with E-state index >= 15 is 0 Å². The molecule has 0 fully saturated rings. The predicted octanol–water partition coefficient (Wildman–Crippen LogP) is 1.95. The van der Waals surface area contributed by atoms with Crippen LogP contribution in [0.4, 0.5) is 0 Å². The molecule has 0 amide bonds. The summed E-state index contributed by atoms with van der Waals surface area (Å²) in [4.78, 5) is 0. The summed E-state index contributed by atoms with van der Waals surface area (Å²) in [6.45, 7) is 7.08. The van der Waals surface area contributed by atoms with Crippen LogP contribution in [0.1, 0.15) is 30.8 Å². The zero-order valence-electron chi connectivity index (χ0n) is 8.11. The van der Waals surface area contributed by atoms with Crippen LogP contribution in [0, 0.1) is 3.57 Å². The van der Waals surface area contributed by atoms with Gasteiger partial charge in [-0.1, -0.05) is 0 Å². The van der Waals surface area contributed by atoms with Crippen LogP contribution >= 0.6 is 22.6 Å². The van der Waals surface area contributed by atoms with E-state index in [1.54, 1.807) is 13.6 Å². The summed E-state index contributed by atoms with van der Waals surface area (Å²) in [7, 11) is 0.